The molecule has 1 aliphatic rings. The molecule has 108 valence electrons. The highest BCUT2D eigenvalue weighted by molar-refractivity contribution is 7.88. The van der Waals surface area contributed by atoms with Gasteiger partial charge in [0, 0.05) is 6.54 Å². The molecule has 0 radical (unpaired) electrons. The highest BCUT2D eigenvalue weighted by Gasteiger charge is 2.32. The Hall–Kier alpha value is -1.91. The number of sulfonamides is 1. The first kappa shape index (κ1) is 14.0. The van der Waals surface area contributed by atoms with Gasteiger partial charge in [-0.25, -0.2) is 8.42 Å². The predicted molar refractivity (Wildman–Crippen MR) is 85.2 cm³/mol. The minimum absolute atomic E-state index is 0.226. The molecule has 0 amide bonds. The quantitative estimate of drug-likeness (QED) is 0.873. The third-order valence-electron chi connectivity index (χ3n) is 3.71. The number of benzene rings is 2. The zero-order valence-electron chi connectivity index (χ0n) is 11.8. The average Bonchev–Trinajstić information content (AvgIpc) is 2.94. The topological polar surface area (TPSA) is 37.4 Å². The molecule has 0 fully saturated rings. The van der Waals surface area contributed by atoms with E-state index in [9.17, 15) is 8.42 Å². The fourth-order valence-corrected chi connectivity index (χ4v) is 3.64. The largest absolute Gasteiger partial charge is 0.212 e. The van der Waals surface area contributed by atoms with Crippen molar-refractivity contribution in [2.75, 3.05) is 12.8 Å². The van der Waals surface area contributed by atoms with E-state index in [-0.39, 0.29) is 6.04 Å². The van der Waals surface area contributed by atoms with Gasteiger partial charge in [-0.05, 0) is 16.7 Å². The van der Waals surface area contributed by atoms with Gasteiger partial charge in [0.25, 0.3) is 0 Å². The lowest BCUT2D eigenvalue weighted by Gasteiger charge is -2.22. The molecule has 0 unspecified atom stereocenters. The van der Waals surface area contributed by atoms with Crippen LogP contribution in [-0.4, -0.2) is 25.5 Å². The van der Waals surface area contributed by atoms with E-state index < -0.39 is 10.0 Å². The summed E-state index contributed by atoms with van der Waals surface area (Å²) in [6.07, 6.45) is 3.32. The van der Waals surface area contributed by atoms with Crippen LogP contribution in [0, 0.1) is 0 Å². The Labute approximate surface area is 125 Å². The van der Waals surface area contributed by atoms with Crippen LogP contribution < -0.4 is 0 Å². The van der Waals surface area contributed by atoms with Crippen molar-refractivity contribution in [1.82, 2.24) is 4.31 Å². The maximum atomic E-state index is 12.1. The zero-order chi connectivity index (χ0) is 14.9. The molecule has 1 aliphatic heterocycles. The van der Waals surface area contributed by atoms with Crippen molar-refractivity contribution >= 4 is 15.6 Å². The first-order chi connectivity index (χ1) is 10.1. The Morgan fingerprint density at radius 1 is 0.952 bits per heavy atom. The molecule has 0 spiro atoms. The van der Waals surface area contributed by atoms with Gasteiger partial charge < -0.3 is 0 Å². The van der Waals surface area contributed by atoms with Gasteiger partial charge in [-0.2, -0.15) is 4.31 Å². The van der Waals surface area contributed by atoms with Crippen LogP contribution in [0.25, 0.3) is 5.57 Å². The summed E-state index contributed by atoms with van der Waals surface area (Å²) in [5.74, 6) is 0. The second-order valence-electron chi connectivity index (χ2n) is 5.22. The van der Waals surface area contributed by atoms with Crippen molar-refractivity contribution < 1.29 is 8.42 Å². The van der Waals surface area contributed by atoms with E-state index in [1.165, 1.54) is 6.26 Å². The van der Waals surface area contributed by atoms with Crippen molar-refractivity contribution in [3.63, 3.8) is 0 Å². The summed E-state index contributed by atoms with van der Waals surface area (Å²) in [6, 6.07) is 19.4. The van der Waals surface area contributed by atoms with E-state index in [1.54, 1.807) is 4.31 Å². The molecule has 1 atom stereocenters. The smallest absolute Gasteiger partial charge is 0.212 e. The Balaban J connectivity index is 2.03. The monoisotopic (exact) mass is 299 g/mol. The van der Waals surface area contributed by atoms with E-state index in [0.29, 0.717) is 6.54 Å². The summed E-state index contributed by atoms with van der Waals surface area (Å²) in [5.41, 5.74) is 3.12. The molecule has 0 aromatic heterocycles. The number of hydrogen-bond donors (Lipinski definition) is 0. The van der Waals surface area contributed by atoms with Crippen LogP contribution in [-0.2, 0) is 10.0 Å². The van der Waals surface area contributed by atoms with Gasteiger partial charge in [-0.1, -0.05) is 66.7 Å². The van der Waals surface area contributed by atoms with Crippen molar-refractivity contribution in [3.8, 4) is 0 Å². The third kappa shape index (κ3) is 2.91. The molecule has 1 heterocycles. The van der Waals surface area contributed by atoms with Crippen LogP contribution in [0.5, 0.6) is 0 Å². The van der Waals surface area contributed by atoms with Crippen LogP contribution in [0.2, 0.25) is 0 Å². The van der Waals surface area contributed by atoms with E-state index in [0.717, 1.165) is 16.7 Å². The van der Waals surface area contributed by atoms with Crippen LogP contribution in [0.1, 0.15) is 17.2 Å². The number of nitrogens with zero attached hydrogens (tertiary/aromatic N) is 1. The maximum absolute atomic E-state index is 12.1. The third-order valence-corrected chi connectivity index (χ3v) is 4.92. The zero-order valence-corrected chi connectivity index (χ0v) is 12.6. The molecule has 0 aliphatic carbocycles. The number of rotatable bonds is 3. The van der Waals surface area contributed by atoms with E-state index in [1.807, 2.05) is 66.7 Å². The second-order valence-corrected chi connectivity index (χ2v) is 7.16. The standard InChI is InChI=1S/C17H17NO2S/c1-21(19,20)18-13-16(14-8-4-2-5-9-14)12-17(18)15-10-6-3-7-11-15/h2-12,17H,13H2,1H3/t17-/m0/s1. The second kappa shape index (κ2) is 5.47. The molecule has 0 saturated carbocycles. The fourth-order valence-electron chi connectivity index (χ4n) is 2.67. The first-order valence-electron chi connectivity index (χ1n) is 6.83. The van der Waals surface area contributed by atoms with E-state index in [4.69, 9.17) is 0 Å². The predicted octanol–water partition coefficient (Wildman–Crippen LogP) is 3.09. The van der Waals surface area contributed by atoms with Crippen molar-refractivity contribution in [2.45, 2.75) is 6.04 Å². The molecule has 2 aromatic carbocycles. The molecule has 3 nitrogen and oxygen atoms in total. The summed E-state index contributed by atoms with van der Waals surface area (Å²) in [6.45, 7) is 0.419. The summed E-state index contributed by atoms with van der Waals surface area (Å²) >= 11 is 0. The summed E-state index contributed by atoms with van der Waals surface area (Å²) in [7, 11) is -3.26. The molecule has 0 saturated heterocycles. The molecule has 3 rings (SSSR count). The lowest BCUT2D eigenvalue weighted by molar-refractivity contribution is 0.424. The van der Waals surface area contributed by atoms with Crippen molar-refractivity contribution in [2.24, 2.45) is 0 Å². The van der Waals surface area contributed by atoms with Gasteiger partial charge in [0.2, 0.25) is 10.0 Å². The maximum Gasteiger partial charge on any atom is 0.212 e. The SMILES string of the molecule is CS(=O)(=O)N1CC(c2ccccc2)=C[C@H]1c1ccccc1. The first-order valence-corrected chi connectivity index (χ1v) is 8.68. The molecule has 0 N–H and O–H groups in total. The highest BCUT2D eigenvalue weighted by Crippen LogP contribution is 2.35. The minimum atomic E-state index is -3.26. The summed E-state index contributed by atoms with van der Waals surface area (Å²) in [5, 5.41) is 0. The molecule has 0 bridgehead atoms. The van der Waals surface area contributed by atoms with Gasteiger partial charge in [-0.3, -0.25) is 0 Å². The average molecular weight is 299 g/mol. The van der Waals surface area contributed by atoms with Crippen LogP contribution in [0.3, 0.4) is 0 Å². The number of hydrogen-bond acceptors (Lipinski definition) is 2. The van der Waals surface area contributed by atoms with E-state index >= 15 is 0 Å². The summed E-state index contributed by atoms with van der Waals surface area (Å²) in [4.78, 5) is 0. The molecule has 21 heavy (non-hydrogen) atoms. The lowest BCUT2D eigenvalue weighted by Crippen LogP contribution is -2.30. The van der Waals surface area contributed by atoms with Gasteiger partial charge >= 0.3 is 0 Å². The highest BCUT2D eigenvalue weighted by atomic mass is 32.2. The van der Waals surface area contributed by atoms with Gasteiger partial charge in [0.15, 0.2) is 0 Å². The summed E-state index contributed by atoms with van der Waals surface area (Å²) < 4.78 is 25.7. The Bertz CT molecular complexity index is 752. The fraction of sp³-hybridized carbons (Fsp3) is 0.176. The van der Waals surface area contributed by atoms with Gasteiger partial charge in [0.05, 0.1) is 12.3 Å². The Kier molecular flexibility index (Phi) is 3.66. The lowest BCUT2D eigenvalue weighted by atomic mass is 10.0. The van der Waals surface area contributed by atoms with Crippen LogP contribution >= 0.6 is 0 Å². The minimum Gasteiger partial charge on any atom is -0.212 e. The molecular formula is C17H17NO2S. The normalized spacial score (nSPS) is 19.5. The van der Waals surface area contributed by atoms with Crippen LogP contribution in [0.4, 0.5) is 0 Å². The molecule has 4 heteroatoms. The molecule has 2 aromatic rings. The van der Waals surface area contributed by atoms with Crippen molar-refractivity contribution in [1.29, 1.82) is 0 Å². The van der Waals surface area contributed by atoms with Gasteiger partial charge in [0.1, 0.15) is 0 Å². The Morgan fingerprint density at radius 2 is 1.52 bits per heavy atom. The van der Waals surface area contributed by atoms with Crippen molar-refractivity contribution in [3.05, 3.63) is 77.9 Å². The molecular weight excluding hydrogens is 282 g/mol. The Morgan fingerprint density at radius 3 is 2.10 bits per heavy atom. The van der Waals surface area contributed by atoms with Crippen LogP contribution in [0.15, 0.2) is 66.7 Å². The van der Waals surface area contributed by atoms with E-state index in [2.05, 4.69) is 0 Å². The van der Waals surface area contributed by atoms with Gasteiger partial charge in [-0.15, -0.1) is 0 Å².